The third kappa shape index (κ3) is 6.15. The van der Waals surface area contributed by atoms with E-state index in [0.29, 0.717) is 36.9 Å². The van der Waals surface area contributed by atoms with Gasteiger partial charge < -0.3 is 25.4 Å². The van der Waals surface area contributed by atoms with Crippen LogP contribution in [-0.4, -0.2) is 56.2 Å². The summed E-state index contributed by atoms with van der Waals surface area (Å²) in [5, 5.41) is 16.6. The van der Waals surface area contributed by atoms with Crippen LogP contribution in [0.3, 0.4) is 0 Å². The van der Waals surface area contributed by atoms with Crippen molar-refractivity contribution in [3.05, 3.63) is 23.8 Å². The van der Waals surface area contributed by atoms with Gasteiger partial charge in [-0.2, -0.15) is 0 Å². The zero-order valence-corrected chi connectivity index (χ0v) is 19.6. The highest BCUT2D eigenvalue weighted by molar-refractivity contribution is 14.0. The van der Waals surface area contributed by atoms with Crippen molar-refractivity contribution in [2.45, 2.75) is 39.2 Å². The van der Waals surface area contributed by atoms with Gasteiger partial charge in [0.05, 0.1) is 19.1 Å². The zero-order valence-electron chi connectivity index (χ0n) is 17.2. The lowest BCUT2D eigenvalue weighted by atomic mass is 9.84. The number of methoxy groups -OCH3 is 1. The van der Waals surface area contributed by atoms with Crippen molar-refractivity contribution in [2.75, 3.05) is 34.3 Å². The molecular weight excluding hydrogens is 471 g/mol. The van der Waals surface area contributed by atoms with Crippen LogP contribution in [0.2, 0.25) is 0 Å². The van der Waals surface area contributed by atoms with Crippen LogP contribution in [0.4, 0.5) is 0 Å². The number of phenolic OH excluding ortho intramolecular Hbond substituents is 1. The highest BCUT2D eigenvalue weighted by Crippen LogP contribution is 2.38. The summed E-state index contributed by atoms with van der Waals surface area (Å²) in [4.78, 5) is 19.0. The molecule has 0 spiro atoms. The predicted octanol–water partition coefficient (Wildman–Crippen LogP) is 2.72. The number of nitrogens with one attached hydrogen (secondary N) is 2. The van der Waals surface area contributed by atoms with E-state index in [1.54, 1.807) is 30.2 Å². The fraction of sp³-hybridized carbons (Fsp3) is 0.600. The number of rotatable bonds is 7. The van der Waals surface area contributed by atoms with E-state index in [1.807, 2.05) is 21.0 Å². The smallest absolute Gasteiger partial charge is 0.230 e. The van der Waals surface area contributed by atoms with Crippen LogP contribution in [-0.2, 0) is 11.3 Å². The Labute approximate surface area is 185 Å². The summed E-state index contributed by atoms with van der Waals surface area (Å²) in [5.41, 5.74) is 0.323. The summed E-state index contributed by atoms with van der Waals surface area (Å²) in [6.07, 6.45) is 3.94. The molecule has 0 atom stereocenters. The van der Waals surface area contributed by atoms with E-state index < -0.39 is 0 Å². The maximum atomic E-state index is 12.7. The maximum Gasteiger partial charge on any atom is 0.230 e. The van der Waals surface area contributed by atoms with Gasteiger partial charge in [0.15, 0.2) is 5.96 Å². The van der Waals surface area contributed by atoms with Gasteiger partial charge in [-0.05, 0) is 38.0 Å². The summed E-state index contributed by atoms with van der Waals surface area (Å²) in [6.45, 7) is 3.58. The molecule has 7 nitrogen and oxygen atoms in total. The van der Waals surface area contributed by atoms with Gasteiger partial charge in [-0.15, -0.1) is 24.0 Å². The van der Waals surface area contributed by atoms with Crippen LogP contribution in [0.15, 0.2) is 23.2 Å². The van der Waals surface area contributed by atoms with Crippen LogP contribution in [0, 0.1) is 5.41 Å². The molecule has 0 unspecified atom stereocenters. The molecule has 0 bridgehead atoms. The topological polar surface area (TPSA) is 86.2 Å². The minimum absolute atomic E-state index is 0. The Morgan fingerprint density at radius 3 is 2.54 bits per heavy atom. The number of hydrogen-bond acceptors (Lipinski definition) is 4. The van der Waals surface area contributed by atoms with Gasteiger partial charge in [0.25, 0.3) is 0 Å². The molecule has 3 N–H and O–H groups in total. The number of halogens is 1. The number of nitrogens with zero attached hydrogens (tertiary/aromatic N) is 2. The maximum absolute atomic E-state index is 12.7. The van der Waals surface area contributed by atoms with Crippen LogP contribution in [0.5, 0.6) is 11.5 Å². The van der Waals surface area contributed by atoms with Gasteiger partial charge in [0.1, 0.15) is 11.5 Å². The molecule has 1 aromatic rings. The molecule has 1 fully saturated rings. The number of aliphatic imine (C=N–C) groups is 1. The lowest BCUT2D eigenvalue weighted by Crippen LogP contribution is -2.49. The summed E-state index contributed by atoms with van der Waals surface area (Å²) in [7, 11) is 5.22. The Kier molecular flexibility index (Phi) is 9.84. The van der Waals surface area contributed by atoms with Crippen molar-refractivity contribution in [3.8, 4) is 11.5 Å². The lowest BCUT2D eigenvalue weighted by Gasteiger charge is -2.31. The molecule has 1 saturated carbocycles. The minimum Gasteiger partial charge on any atom is -0.508 e. The average Bonchev–Trinajstić information content (AvgIpc) is 3.14. The number of phenols is 1. The summed E-state index contributed by atoms with van der Waals surface area (Å²) in [6, 6.07) is 5.09. The van der Waals surface area contributed by atoms with Crippen molar-refractivity contribution in [1.82, 2.24) is 15.5 Å². The number of ether oxygens (including phenoxy) is 1. The molecule has 158 valence electrons. The van der Waals surface area contributed by atoms with Crippen molar-refractivity contribution >= 4 is 35.8 Å². The highest BCUT2D eigenvalue weighted by atomic mass is 127. The minimum atomic E-state index is -0.363. The third-order valence-electron chi connectivity index (χ3n) is 5.05. The first kappa shape index (κ1) is 24.3. The molecule has 2 rings (SSSR count). The summed E-state index contributed by atoms with van der Waals surface area (Å²) >= 11 is 0. The van der Waals surface area contributed by atoms with E-state index in [-0.39, 0.29) is 41.0 Å². The van der Waals surface area contributed by atoms with E-state index in [9.17, 15) is 9.90 Å². The molecule has 0 aromatic heterocycles. The first-order chi connectivity index (χ1) is 12.9. The summed E-state index contributed by atoms with van der Waals surface area (Å²) in [5.74, 6) is 1.68. The molecule has 1 aliphatic rings. The lowest BCUT2D eigenvalue weighted by molar-refractivity contribution is -0.138. The van der Waals surface area contributed by atoms with E-state index >= 15 is 0 Å². The SMILES string of the molecule is CCNC(=NCc1cc(OC)ccc1O)NCC1(C(=O)N(C)C)CCCC1.I. The van der Waals surface area contributed by atoms with E-state index in [4.69, 9.17) is 4.74 Å². The molecule has 0 aliphatic heterocycles. The van der Waals surface area contributed by atoms with Gasteiger partial charge in [-0.3, -0.25) is 4.79 Å². The third-order valence-corrected chi connectivity index (χ3v) is 5.05. The standard InChI is InChI=1S/C20H32N4O3.HI/c1-5-21-19(22-13-15-12-16(27-4)8-9-17(15)25)23-14-20(10-6-7-11-20)18(26)24(2)3;/h8-9,12,25H,5-7,10-11,13-14H2,1-4H3,(H2,21,22,23);1H. The molecule has 28 heavy (non-hydrogen) atoms. The number of guanidine groups is 1. The van der Waals surface area contributed by atoms with Crippen molar-refractivity contribution in [1.29, 1.82) is 0 Å². The largest absolute Gasteiger partial charge is 0.508 e. The molecule has 0 heterocycles. The summed E-state index contributed by atoms with van der Waals surface area (Å²) < 4.78 is 5.21. The molecule has 8 heteroatoms. The van der Waals surface area contributed by atoms with Crippen molar-refractivity contribution < 1.29 is 14.6 Å². The number of amides is 1. The van der Waals surface area contributed by atoms with Gasteiger partial charge in [-0.1, -0.05) is 12.8 Å². The average molecular weight is 504 g/mol. The number of hydrogen-bond donors (Lipinski definition) is 3. The van der Waals surface area contributed by atoms with Crippen LogP contribution in [0.25, 0.3) is 0 Å². The number of carbonyl (C=O) groups excluding carboxylic acids is 1. The zero-order chi connectivity index (χ0) is 19.9. The van der Waals surface area contributed by atoms with Crippen LogP contribution < -0.4 is 15.4 Å². The number of carbonyl (C=O) groups is 1. The molecular formula is C20H33IN4O3. The second kappa shape index (κ2) is 11.3. The molecule has 1 aliphatic carbocycles. The van der Waals surface area contributed by atoms with E-state index in [1.165, 1.54) is 0 Å². The Bertz CT molecular complexity index is 673. The van der Waals surface area contributed by atoms with Gasteiger partial charge >= 0.3 is 0 Å². The van der Waals surface area contributed by atoms with E-state index in [2.05, 4.69) is 15.6 Å². The molecule has 0 radical (unpaired) electrons. The van der Waals surface area contributed by atoms with Gasteiger partial charge in [-0.25, -0.2) is 4.99 Å². The fourth-order valence-electron chi connectivity index (χ4n) is 3.57. The molecule has 0 saturated heterocycles. The Morgan fingerprint density at radius 1 is 1.29 bits per heavy atom. The van der Waals surface area contributed by atoms with E-state index in [0.717, 1.165) is 25.7 Å². The second-order valence-electron chi connectivity index (χ2n) is 7.23. The number of benzene rings is 1. The Morgan fingerprint density at radius 2 is 1.96 bits per heavy atom. The fourth-order valence-corrected chi connectivity index (χ4v) is 3.57. The quantitative estimate of drug-likeness (QED) is 0.302. The van der Waals surface area contributed by atoms with Crippen molar-refractivity contribution in [3.63, 3.8) is 0 Å². The van der Waals surface area contributed by atoms with Crippen molar-refractivity contribution in [2.24, 2.45) is 10.4 Å². The molecule has 1 amide bonds. The predicted molar refractivity (Wildman–Crippen MR) is 122 cm³/mol. The van der Waals surface area contributed by atoms with Crippen LogP contribution in [0.1, 0.15) is 38.2 Å². The first-order valence-electron chi connectivity index (χ1n) is 9.51. The Hall–Kier alpha value is -1.71. The van der Waals surface area contributed by atoms with Gasteiger partial charge in [0, 0.05) is 32.7 Å². The van der Waals surface area contributed by atoms with Gasteiger partial charge in [0.2, 0.25) is 5.91 Å². The second-order valence-corrected chi connectivity index (χ2v) is 7.23. The first-order valence-corrected chi connectivity index (χ1v) is 9.51. The number of aromatic hydroxyl groups is 1. The molecule has 1 aromatic carbocycles. The highest BCUT2D eigenvalue weighted by Gasteiger charge is 2.42. The van der Waals surface area contributed by atoms with Crippen LogP contribution >= 0.6 is 24.0 Å². The monoisotopic (exact) mass is 504 g/mol. The normalized spacial score (nSPS) is 15.5. The Balaban J connectivity index is 0.00000392.